The molecule has 0 amide bonds. The van der Waals surface area contributed by atoms with E-state index in [-0.39, 0.29) is 0 Å². The molecule has 0 atom stereocenters. The zero-order valence-corrected chi connectivity index (χ0v) is 6.84. The Kier molecular flexibility index (Phi) is 3.48. The number of hydrogen-bond acceptors (Lipinski definition) is 1. The van der Waals surface area contributed by atoms with Crippen LogP contribution in [0, 0.1) is 0 Å². The predicted octanol–water partition coefficient (Wildman–Crippen LogP) is 2.80. The lowest BCUT2D eigenvalue weighted by Gasteiger charge is -2.05. The van der Waals surface area contributed by atoms with Crippen molar-refractivity contribution in [2.24, 2.45) is 4.99 Å². The van der Waals surface area contributed by atoms with Crippen LogP contribution in [0.4, 0.5) is 0 Å². The maximum atomic E-state index is 4.42. The molecule has 0 radical (unpaired) electrons. The van der Waals surface area contributed by atoms with Gasteiger partial charge in [-0.1, -0.05) is 25.7 Å². The van der Waals surface area contributed by atoms with Crippen molar-refractivity contribution in [3.8, 4) is 0 Å². The molecule has 1 heteroatoms. The largest absolute Gasteiger partial charge is 0.295 e. The average molecular weight is 139 g/mol. The molecule has 0 unspecified atom stereocenters. The topological polar surface area (TPSA) is 12.4 Å². The van der Waals surface area contributed by atoms with Crippen molar-refractivity contribution in [2.45, 2.75) is 51.5 Å². The molecule has 1 aliphatic carbocycles. The van der Waals surface area contributed by atoms with Crippen LogP contribution in [0.1, 0.15) is 45.4 Å². The molecule has 0 aliphatic heterocycles. The molecule has 0 N–H and O–H groups in total. The van der Waals surface area contributed by atoms with Gasteiger partial charge in [0, 0.05) is 6.04 Å². The van der Waals surface area contributed by atoms with Crippen LogP contribution in [0.25, 0.3) is 0 Å². The van der Waals surface area contributed by atoms with Gasteiger partial charge in [-0.25, -0.2) is 0 Å². The second-order valence-corrected chi connectivity index (χ2v) is 3.05. The molecular weight excluding hydrogens is 122 g/mol. The van der Waals surface area contributed by atoms with Gasteiger partial charge in [0.25, 0.3) is 0 Å². The van der Waals surface area contributed by atoms with Gasteiger partial charge >= 0.3 is 0 Å². The monoisotopic (exact) mass is 139 g/mol. The Hall–Kier alpha value is -0.330. The van der Waals surface area contributed by atoms with Gasteiger partial charge in [-0.3, -0.25) is 4.99 Å². The fourth-order valence-electron chi connectivity index (χ4n) is 1.62. The molecule has 1 rings (SSSR count). The molecule has 1 saturated carbocycles. The lowest BCUT2D eigenvalue weighted by atomic mass is 10.1. The fraction of sp³-hybridized carbons (Fsp3) is 0.889. The Bertz CT molecular complexity index is 99.3. The van der Waals surface area contributed by atoms with Crippen LogP contribution < -0.4 is 0 Å². The van der Waals surface area contributed by atoms with Gasteiger partial charge in [0.1, 0.15) is 0 Å². The maximum absolute atomic E-state index is 4.42. The highest BCUT2D eigenvalue weighted by Crippen LogP contribution is 2.19. The molecule has 0 spiro atoms. The van der Waals surface area contributed by atoms with Crippen molar-refractivity contribution in [3.63, 3.8) is 0 Å². The SMILES string of the molecule is C/C=N/C1CCCCCC1. The van der Waals surface area contributed by atoms with Gasteiger partial charge in [-0.05, 0) is 26.0 Å². The van der Waals surface area contributed by atoms with Crippen molar-refractivity contribution in [1.29, 1.82) is 0 Å². The summed E-state index contributed by atoms with van der Waals surface area (Å²) in [5.74, 6) is 0. The molecular formula is C9H17N. The van der Waals surface area contributed by atoms with Crippen LogP contribution in [-0.2, 0) is 0 Å². The van der Waals surface area contributed by atoms with Crippen molar-refractivity contribution in [1.82, 2.24) is 0 Å². The maximum Gasteiger partial charge on any atom is 0.0495 e. The molecule has 58 valence electrons. The minimum absolute atomic E-state index is 0.660. The van der Waals surface area contributed by atoms with Crippen molar-refractivity contribution < 1.29 is 0 Å². The first-order chi connectivity index (χ1) is 4.93. The zero-order valence-electron chi connectivity index (χ0n) is 6.84. The molecule has 10 heavy (non-hydrogen) atoms. The van der Waals surface area contributed by atoms with E-state index >= 15 is 0 Å². The second kappa shape index (κ2) is 4.48. The molecule has 0 saturated heterocycles. The Labute approximate surface area is 63.5 Å². The lowest BCUT2D eigenvalue weighted by molar-refractivity contribution is 0.587. The van der Waals surface area contributed by atoms with Gasteiger partial charge in [-0.2, -0.15) is 0 Å². The first kappa shape index (κ1) is 7.77. The van der Waals surface area contributed by atoms with E-state index in [0.717, 1.165) is 0 Å². The Morgan fingerprint density at radius 3 is 2.20 bits per heavy atom. The van der Waals surface area contributed by atoms with Crippen molar-refractivity contribution in [2.75, 3.05) is 0 Å². The van der Waals surface area contributed by atoms with E-state index in [1.54, 1.807) is 0 Å². The lowest BCUT2D eigenvalue weighted by Crippen LogP contribution is -2.01. The van der Waals surface area contributed by atoms with Crippen LogP contribution in [0.3, 0.4) is 0 Å². The normalized spacial score (nSPS) is 23.3. The van der Waals surface area contributed by atoms with Gasteiger partial charge in [0.15, 0.2) is 0 Å². The minimum atomic E-state index is 0.660. The van der Waals surface area contributed by atoms with Gasteiger partial charge in [0.05, 0.1) is 0 Å². The van der Waals surface area contributed by atoms with Gasteiger partial charge < -0.3 is 0 Å². The van der Waals surface area contributed by atoms with Crippen molar-refractivity contribution >= 4 is 6.21 Å². The first-order valence-corrected chi connectivity index (χ1v) is 4.41. The standard InChI is InChI=1S/C9H17N/c1-2-10-9-7-5-3-4-6-8-9/h2,9H,3-8H2,1H3/b10-2+. The van der Waals surface area contributed by atoms with E-state index in [9.17, 15) is 0 Å². The average Bonchev–Trinajstić information content (AvgIpc) is 2.17. The van der Waals surface area contributed by atoms with Crippen LogP contribution in [0.15, 0.2) is 4.99 Å². The van der Waals surface area contributed by atoms with Crippen LogP contribution in [0.2, 0.25) is 0 Å². The highest BCUT2D eigenvalue weighted by Gasteiger charge is 2.08. The minimum Gasteiger partial charge on any atom is -0.295 e. The van der Waals surface area contributed by atoms with Crippen molar-refractivity contribution in [3.05, 3.63) is 0 Å². The summed E-state index contributed by atoms with van der Waals surface area (Å²) in [4.78, 5) is 4.42. The number of rotatable bonds is 1. The summed E-state index contributed by atoms with van der Waals surface area (Å²) in [6, 6.07) is 0.660. The number of nitrogens with zero attached hydrogens (tertiary/aromatic N) is 1. The molecule has 0 aromatic rings. The summed E-state index contributed by atoms with van der Waals surface area (Å²) in [5, 5.41) is 0. The molecule has 1 nitrogen and oxygen atoms in total. The highest BCUT2D eigenvalue weighted by atomic mass is 14.8. The van der Waals surface area contributed by atoms with E-state index in [1.807, 2.05) is 13.1 Å². The summed E-state index contributed by atoms with van der Waals surface area (Å²) < 4.78 is 0. The van der Waals surface area contributed by atoms with E-state index in [0.29, 0.717) is 6.04 Å². The second-order valence-electron chi connectivity index (χ2n) is 3.05. The number of aliphatic imine (C=N–C) groups is 1. The van der Waals surface area contributed by atoms with Crippen LogP contribution >= 0.6 is 0 Å². The van der Waals surface area contributed by atoms with E-state index < -0.39 is 0 Å². The Morgan fingerprint density at radius 1 is 1.10 bits per heavy atom. The summed E-state index contributed by atoms with van der Waals surface area (Å²) >= 11 is 0. The summed E-state index contributed by atoms with van der Waals surface area (Å²) in [6.07, 6.45) is 10.2. The molecule has 0 bridgehead atoms. The molecule has 0 heterocycles. The fourth-order valence-corrected chi connectivity index (χ4v) is 1.62. The Morgan fingerprint density at radius 2 is 1.70 bits per heavy atom. The quantitative estimate of drug-likeness (QED) is 0.391. The molecule has 1 aliphatic rings. The van der Waals surface area contributed by atoms with E-state index in [1.165, 1.54) is 38.5 Å². The summed E-state index contributed by atoms with van der Waals surface area (Å²) in [6.45, 7) is 2.02. The first-order valence-electron chi connectivity index (χ1n) is 4.41. The third-order valence-corrected chi connectivity index (χ3v) is 2.18. The highest BCUT2D eigenvalue weighted by molar-refractivity contribution is 5.53. The van der Waals surface area contributed by atoms with Crippen LogP contribution in [0.5, 0.6) is 0 Å². The zero-order chi connectivity index (χ0) is 7.23. The third-order valence-electron chi connectivity index (χ3n) is 2.18. The summed E-state index contributed by atoms with van der Waals surface area (Å²) in [7, 11) is 0. The predicted molar refractivity (Wildman–Crippen MR) is 45.7 cm³/mol. The molecule has 0 aromatic carbocycles. The molecule has 1 fully saturated rings. The number of hydrogen-bond donors (Lipinski definition) is 0. The van der Waals surface area contributed by atoms with E-state index in [4.69, 9.17) is 0 Å². The van der Waals surface area contributed by atoms with E-state index in [2.05, 4.69) is 4.99 Å². The van der Waals surface area contributed by atoms with Gasteiger partial charge in [0.2, 0.25) is 0 Å². The smallest absolute Gasteiger partial charge is 0.0495 e. The van der Waals surface area contributed by atoms with Crippen LogP contribution in [-0.4, -0.2) is 12.3 Å². The third kappa shape index (κ3) is 2.51. The Balaban J connectivity index is 2.28. The summed E-state index contributed by atoms with van der Waals surface area (Å²) in [5.41, 5.74) is 0. The molecule has 0 aromatic heterocycles. The van der Waals surface area contributed by atoms with Gasteiger partial charge in [-0.15, -0.1) is 0 Å².